The second kappa shape index (κ2) is 9.44. The monoisotopic (exact) mass is 485 g/mol. The number of rotatable bonds is 8. The molecule has 0 spiro atoms. The van der Waals surface area contributed by atoms with E-state index in [1.165, 1.54) is 17.4 Å². The molecule has 0 aliphatic heterocycles. The maximum Gasteiger partial charge on any atom is 0.277 e. The quantitative estimate of drug-likeness (QED) is 0.294. The zero-order valence-electron chi connectivity index (χ0n) is 16.6. The van der Waals surface area contributed by atoms with Crippen LogP contribution < -0.4 is 4.90 Å². The molecular formula is C21H20BrN5O2S. The van der Waals surface area contributed by atoms with Crippen molar-refractivity contribution in [3.05, 3.63) is 58.9 Å². The highest BCUT2D eigenvalue weighted by atomic mass is 79.9. The van der Waals surface area contributed by atoms with E-state index in [0.717, 1.165) is 28.7 Å². The third-order valence-electron chi connectivity index (χ3n) is 4.52. The molecule has 0 unspecified atom stereocenters. The number of aromatic nitrogens is 4. The Hall–Kier alpha value is -2.65. The third kappa shape index (κ3) is 4.73. The fourth-order valence-corrected chi connectivity index (χ4v) is 3.97. The van der Waals surface area contributed by atoms with Crippen molar-refractivity contribution in [1.29, 1.82) is 0 Å². The average molecular weight is 486 g/mol. The molecule has 2 aromatic carbocycles. The molecular weight excluding hydrogens is 466 g/mol. The first-order valence-electron chi connectivity index (χ1n) is 9.56. The molecule has 0 aliphatic carbocycles. The van der Waals surface area contributed by atoms with Crippen molar-refractivity contribution in [1.82, 2.24) is 20.3 Å². The lowest BCUT2D eigenvalue weighted by atomic mass is 10.2. The first-order valence-corrected chi connectivity index (χ1v) is 11.3. The summed E-state index contributed by atoms with van der Waals surface area (Å²) in [6.45, 7) is 6.22. The van der Waals surface area contributed by atoms with Crippen molar-refractivity contribution in [2.45, 2.75) is 24.8 Å². The van der Waals surface area contributed by atoms with Gasteiger partial charge in [0.05, 0.1) is 5.75 Å². The first kappa shape index (κ1) is 20.6. The van der Waals surface area contributed by atoms with Crippen LogP contribution in [0.3, 0.4) is 0 Å². The fourth-order valence-electron chi connectivity index (χ4n) is 2.97. The van der Waals surface area contributed by atoms with Crippen LogP contribution in [-0.4, -0.2) is 33.4 Å². The van der Waals surface area contributed by atoms with Gasteiger partial charge in [-0.2, -0.15) is 4.98 Å². The Labute approximate surface area is 187 Å². The Morgan fingerprint density at radius 1 is 1.00 bits per heavy atom. The molecule has 7 nitrogen and oxygen atoms in total. The number of benzene rings is 2. The lowest BCUT2D eigenvalue weighted by molar-refractivity contribution is 0.391. The van der Waals surface area contributed by atoms with E-state index in [1.54, 1.807) is 0 Å². The summed E-state index contributed by atoms with van der Waals surface area (Å²) in [5.41, 5.74) is 2.95. The van der Waals surface area contributed by atoms with Gasteiger partial charge in [0.15, 0.2) is 0 Å². The van der Waals surface area contributed by atoms with Crippen molar-refractivity contribution in [2.75, 3.05) is 18.0 Å². The summed E-state index contributed by atoms with van der Waals surface area (Å²) in [6, 6.07) is 15.9. The van der Waals surface area contributed by atoms with E-state index >= 15 is 0 Å². The molecule has 9 heteroatoms. The van der Waals surface area contributed by atoms with Crippen molar-refractivity contribution in [2.24, 2.45) is 0 Å². The first-order chi connectivity index (χ1) is 14.7. The molecule has 0 saturated heterocycles. The van der Waals surface area contributed by atoms with Crippen LogP contribution in [-0.2, 0) is 5.75 Å². The molecule has 0 saturated carbocycles. The maximum absolute atomic E-state index is 5.78. The Morgan fingerprint density at radius 3 is 2.53 bits per heavy atom. The summed E-state index contributed by atoms with van der Waals surface area (Å²) < 4.78 is 12.1. The second-order valence-corrected chi connectivity index (χ2v) is 8.25. The standard InChI is InChI=1S/C21H20BrN5O2S/c1-3-27(4-2)17-10-8-14(9-11-17)20-24-25-21(28-20)30-13-18-23-19(26-29-18)15-6-5-7-16(22)12-15/h5-12H,3-4,13H2,1-2H3. The topological polar surface area (TPSA) is 81.1 Å². The molecule has 0 aliphatic rings. The molecule has 2 heterocycles. The number of halogens is 1. The number of hydrogen-bond acceptors (Lipinski definition) is 8. The Morgan fingerprint density at radius 2 is 1.80 bits per heavy atom. The van der Waals surface area contributed by atoms with Gasteiger partial charge in [0.1, 0.15) is 0 Å². The van der Waals surface area contributed by atoms with Crippen molar-refractivity contribution >= 4 is 33.4 Å². The van der Waals surface area contributed by atoms with Gasteiger partial charge < -0.3 is 13.8 Å². The smallest absolute Gasteiger partial charge is 0.277 e. The van der Waals surface area contributed by atoms with E-state index in [1.807, 2.05) is 36.4 Å². The summed E-state index contributed by atoms with van der Waals surface area (Å²) in [6.07, 6.45) is 0. The largest absolute Gasteiger partial charge is 0.411 e. The molecule has 0 fully saturated rings. The van der Waals surface area contributed by atoms with E-state index in [-0.39, 0.29) is 0 Å². The van der Waals surface area contributed by atoms with Crippen LogP contribution in [0.15, 0.2) is 67.2 Å². The third-order valence-corrected chi connectivity index (χ3v) is 5.82. The van der Waals surface area contributed by atoms with Crippen LogP contribution in [0.5, 0.6) is 0 Å². The Kier molecular flexibility index (Phi) is 6.49. The molecule has 0 amide bonds. The minimum atomic E-state index is 0.448. The highest BCUT2D eigenvalue weighted by Crippen LogP contribution is 2.28. The van der Waals surface area contributed by atoms with Crippen LogP contribution in [0.1, 0.15) is 19.7 Å². The molecule has 0 atom stereocenters. The van der Waals surface area contributed by atoms with E-state index in [0.29, 0.717) is 28.6 Å². The number of hydrogen-bond donors (Lipinski definition) is 0. The highest BCUT2D eigenvalue weighted by Gasteiger charge is 2.13. The lowest BCUT2D eigenvalue weighted by Gasteiger charge is -2.20. The minimum absolute atomic E-state index is 0.448. The zero-order chi connectivity index (χ0) is 20.9. The van der Waals surface area contributed by atoms with Crippen LogP contribution >= 0.6 is 27.7 Å². The van der Waals surface area contributed by atoms with Crippen LogP contribution in [0.4, 0.5) is 5.69 Å². The molecule has 4 aromatic rings. The molecule has 0 bridgehead atoms. The van der Waals surface area contributed by atoms with Crippen molar-refractivity contribution in [3.8, 4) is 22.8 Å². The molecule has 154 valence electrons. The lowest BCUT2D eigenvalue weighted by Crippen LogP contribution is -2.21. The van der Waals surface area contributed by atoms with Crippen LogP contribution in [0, 0.1) is 0 Å². The Balaban J connectivity index is 1.39. The summed E-state index contributed by atoms with van der Waals surface area (Å²) in [4.78, 5) is 6.71. The van der Waals surface area contributed by atoms with Gasteiger partial charge in [0.2, 0.25) is 17.6 Å². The maximum atomic E-state index is 5.78. The zero-order valence-corrected chi connectivity index (χ0v) is 19.0. The SMILES string of the molecule is CCN(CC)c1ccc(-c2nnc(SCc3nc(-c4cccc(Br)c4)no3)o2)cc1. The fraction of sp³-hybridized carbons (Fsp3) is 0.238. The molecule has 4 rings (SSSR count). The van der Waals surface area contributed by atoms with Crippen molar-refractivity contribution in [3.63, 3.8) is 0 Å². The van der Waals surface area contributed by atoms with Gasteiger partial charge >= 0.3 is 0 Å². The normalized spacial score (nSPS) is 11.0. The molecule has 0 N–H and O–H groups in total. The van der Waals surface area contributed by atoms with Gasteiger partial charge in [-0.3, -0.25) is 0 Å². The number of thioether (sulfide) groups is 1. The van der Waals surface area contributed by atoms with E-state index in [2.05, 4.69) is 67.1 Å². The Bertz CT molecular complexity index is 1110. The van der Waals surface area contributed by atoms with Gasteiger partial charge in [-0.15, -0.1) is 10.2 Å². The van der Waals surface area contributed by atoms with Gasteiger partial charge in [0, 0.05) is 34.4 Å². The molecule has 0 radical (unpaired) electrons. The van der Waals surface area contributed by atoms with Crippen LogP contribution in [0.25, 0.3) is 22.8 Å². The predicted molar refractivity (Wildman–Crippen MR) is 120 cm³/mol. The van der Waals surface area contributed by atoms with Gasteiger partial charge in [-0.25, -0.2) is 0 Å². The summed E-state index contributed by atoms with van der Waals surface area (Å²) in [5, 5.41) is 12.8. The number of anilines is 1. The van der Waals surface area contributed by atoms with E-state index < -0.39 is 0 Å². The average Bonchev–Trinajstić information content (AvgIpc) is 3.43. The molecule has 2 aromatic heterocycles. The van der Waals surface area contributed by atoms with E-state index in [4.69, 9.17) is 8.94 Å². The highest BCUT2D eigenvalue weighted by molar-refractivity contribution is 9.10. The predicted octanol–water partition coefficient (Wildman–Crippen LogP) is 5.69. The summed E-state index contributed by atoms with van der Waals surface area (Å²) in [7, 11) is 0. The molecule has 30 heavy (non-hydrogen) atoms. The van der Waals surface area contributed by atoms with Crippen molar-refractivity contribution < 1.29 is 8.94 Å². The van der Waals surface area contributed by atoms with E-state index in [9.17, 15) is 0 Å². The summed E-state index contributed by atoms with van der Waals surface area (Å²) >= 11 is 4.81. The second-order valence-electron chi connectivity index (χ2n) is 6.40. The van der Waals surface area contributed by atoms with Gasteiger partial charge in [-0.1, -0.05) is 45.0 Å². The van der Waals surface area contributed by atoms with Gasteiger partial charge in [-0.05, 0) is 50.2 Å². The van der Waals surface area contributed by atoms with Crippen LogP contribution in [0.2, 0.25) is 0 Å². The van der Waals surface area contributed by atoms with Gasteiger partial charge in [0.25, 0.3) is 5.22 Å². The minimum Gasteiger partial charge on any atom is -0.411 e. The number of nitrogens with zero attached hydrogens (tertiary/aromatic N) is 5. The summed E-state index contributed by atoms with van der Waals surface area (Å²) in [5.74, 6) is 1.98.